The van der Waals surface area contributed by atoms with E-state index in [9.17, 15) is 13.2 Å². The van der Waals surface area contributed by atoms with E-state index in [2.05, 4.69) is 15.4 Å². The molecular formula is C22H21N3O3S2. The van der Waals surface area contributed by atoms with Gasteiger partial charge in [0.25, 0.3) is 10.0 Å². The Balaban J connectivity index is 1.58. The SMILES string of the molecule is Cc1ccccc1CC(=O)NC(=S)Nc1ccc(S(=O)(=O)Nc2ccccc2)cc1. The Morgan fingerprint density at radius 1 is 0.867 bits per heavy atom. The van der Waals surface area contributed by atoms with Gasteiger partial charge in [-0.25, -0.2) is 8.42 Å². The summed E-state index contributed by atoms with van der Waals surface area (Å²) in [5.41, 5.74) is 3.01. The molecule has 0 aliphatic heterocycles. The fourth-order valence-corrected chi connectivity index (χ4v) is 4.04. The summed E-state index contributed by atoms with van der Waals surface area (Å²) in [5.74, 6) is -0.229. The van der Waals surface area contributed by atoms with Crippen LogP contribution in [0.25, 0.3) is 0 Å². The quantitative estimate of drug-likeness (QED) is 0.508. The van der Waals surface area contributed by atoms with E-state index in [0.717, 1.165) is 11.1 Å². The highest BCUT2D eigenvalue weighted by Gasteiger charge is 2.14. The van der Waals surface area contributed by atoms with Crippen LogP contribution in [0.1, 0.15) is 11.1 Å². The lowest BCUT2D eigenvalue weighted by molar-refractivity contribution is -0.119. The first-order valence-corrected chi connectivity index (χ1v) is 11.1. The van der Waals surface area contributed by atoms with Gasteiger partial charge in [0.1, 0.15) is 0 Å². The molecule has 0 fully saturated rings. The minimum atomic E-state index is -3.70. The number of para-hydroxylation sites is 1. The first-order chi connectivity index (χ1) is 14.3. The molecule has 3 aromatic rings. The van der Waals surface area contributed by atoms with Crippen LogP contribution in [0, 0.1) is 6.92 Å². The molecule has 0 spiro atoms. The van der Waals surface area contributed by atoms with Crippen LogP contribution in [0.3, 0.4) is 0 Å². The molecule has 0 heterocycles. The fourth-order valence-electron chi connectivity index (χ4n) is 2.75. The highest BCUT2D eigenvalue weighted by molar-refractivity contribution is 7.92. The summed E-state index contributed by atoms with van der Waals surface area (Å²) in [7, 11) is -3.70. The van der Waals surface area contributed by atoms with Crippen molar-refractivity contribution in [2.24, 2.45) is 0 Å². The van der Waals surface area contributed by atoms with Crippen molar-refractivity contribution in [3.05, 3.63) is 90.0 Å². The molecule has 1 amide bonds. The minimum Gasteiger partial charge on any atom is -0.332 e. The van der Waals surface area contributed by atoms with Crippen LogP contribution in [0.15, 0.2) is 83.8 Å². The van der Waals surface area contributed by atoms with Crippen LogP contribution in [0.4, 0.5) is 11.4 Å². The van der Waals surface area contributed by atoms with Gasteiger partial charge in [0.05, 0.1) is 11.3 Å². The van der Waals surface area contributed by atoms with Gasteiger partial charge in [-0.2, -0.15) is 0 Å². The molecule has 30 heavy (non-hydrogen) atoms. The zero-order valence-electron chi connectivity index (χ0n) is 16.3. The predicted molar refractivity (Wildman–Crippen MR) is 123 cm³/mol. The molecule has 0 atom stereocenters. The third-order valence-electron chi connectivity index (χ3n) is 4.31. The fraction of sp³-hybridized carbons (Fsp3) is 0.0909. The van der Waals surface area contributed by atoms with Crippen molar-refractivity contribution >= 4 is 44.6 Å². The van der Waals surface area contributed by atoms with Gasteiger partial charge in [-0.1, -0.05) is 42.5 Å². The van der Waals surface area contributed by atoms with Crippen molar-refractivity contribution in [3.63, 3.8) is 0 Å². The number of rotatable bonds is 6. The molecule has 0 saturated carbocycles. The molecule has 154 valence electrons. The van der Waals surface area contributed by atoms with Crippen LogP contribution in [-0.4, -0.2) is 19.4 Å². The van der Waals surface area contributed by atoms with Crippen LogP contribution in [0.5, 0.6) is 0 Å². The van der Waals surface area contributed by atoms with Gasteiger partial charge in [0.15, 0.2) is 5.11 Å². The van der Waals surface area contributed by atoms with E-state index in [1.807, 2.05) is 31.2 Å². The van der Waals surface area contributed by atoms with Crippen molar-refractivity contribution in [2.45, 2.75) is 18.2 Å². The van der Waals surface area contributed by atoms with Crippen molar-refractivity contribution in [1.82, 2.24) is 5.32 Å². The van der Waals surface area contributed by atoms with Crippen molar-refractivity contribution < 1.29 is 13.2 Å². The normalized spacial score (nSPS) is 10.8. The molecule has 0 bridgehead atoms. The van der Waals surface area contributed by atoms with Crippen LogP contribution in [-0.2, 0) is 21.2 Å². The third-order valence-corrected chi connectivity index (χ3v) is 5.92. The second-order valence-corrected chi connectivity index (χ2v) is 8.69. The minimum absolute atomic E-state index is 0.117. The number of amides is 1. The Hall–Kier alpha value is -3.23. The van der Waals surface area contributed by atoms with Crippen molar-refractivity contribution in [2.75, 3.05) is 10.0 Å². The van der Waals surface area contributed by atoms with E-state index in [1.165, 1.54) is 12.1 Å². The average Bonchev–Trinajstić information content (AvgIpc) is 2.70. The summed E-state index contributed by atoms with van der Waals surface area (Å²) in [6.07, 6.45) is 0.219. The lowest BCUT2D eigenvalue weighted by Gasteiger charge is -2.12. The Morgan fingerprint density at radius 3 is 2.17 bits per heavy atom. The van der Waals surface area contributed by atoms with Gasteiger partial charge >= 0.3 is 0 Å². The number of anilines is 2. The van der Waals surface area contributed by atoms with E-state index in [1.54, 1.807) is 42.5 Å². The predicted octanol–water partition coefficient (Wildman–Crippen LogP) is 3.85. The first kappa shape index (κ1) is 21.5. The van der Waals surface area contributed by atoms with Gasteiger partial charge in [-0.15, -0.1) is 0 Å². The number of sulfonamides is 1. The smallest absolute Gasteiger partial charge is 0.261 e. The van der Waals surface area contributed by atoms with E-state index in [0.29, 0.717) is 11.4 Å². The molecular weight excluding hydrogens is 418 g/mol. The standard InChI is InChI=1S/C22H21N3O3S2/c1-16-7-5-6-8-17(16)15-21(26)24-22(29)23-18-11-13-20(14-12-18)30(27,28)25-19-9-3-2-4-10-19/h2-14,25H,15H2,1H3,(H2,23,24,26,29). The van der Waals surface area contributed by atoms with E-state index >= 15 is 0 Å². The maximum absolute atomic E-state index is 12.5. The lowest BCUT2D eigenvalue weighted by Crippen LogP contribution is -2.35. The first-order valence-electron chi connectivity index (χ1n) is 9.17. The summed E-state index contributed by atoms with van der Waals surface area (Å²) in [6.45, 7) is 1.95. The van der Waals surface area contributed by atoms with Gasteiger partial charge in [-0.3, -0.25) is 9.52 Å². The second kappa shape index (κ2) is 9.51. The Labute approximate surface area is 181 Å². The van der Waals surface area contributed by atoms with Crippen LogP contribution in [0.2, 0.25) is 0 Å². The number of benzene rings is 3. The highest BCUT2D eigenvalue weighted by Crippen LogP contribution is 2.18. The molecule has 8 heteroatoms. The number of nitrogens with one attached hydrogen (secondary N) is 3. The van der Waals surface area contributed by atoms with E-state index in [4.69, 9.17) is 12.2 Å². The summed E-state index contributed by atoms with van der Waals surface area (Å²) in [6, 6.07) is 22.4. The van der Waals surface area contributed by atoms with Gasteiger partial charge in [0.2, 0.25) is 5.91 Å². The number of carbonyl (C=O) groups excluding carboxylic acids is 1. The number of hydrogen-bond acceptors (Lipinski definition) is 4. The highest BCUT2D eigenvalue weighted by atomic mass is 32.2. The molecule has 0 aliphatic carbocycles. The summed E-state index contributed by atoms with van der Waals surface area (Å²) in [4.78, 5) is 12.3. The number of thiocarbonyl (C=S) groups is 1. The monoisotopic (exact) mass is 439 g/mol. The Kier molecular flexibility index (Phi) is 6.81. The Morgan fingerprint density at radius 2 is 1.50 bits per heavy atom. The largest absolute Gasteiger partial charge is 0.332 e. The van der Waals surface area contributed by atoms with E-state index < -0.39 is 10.0 Å². The summed E-state index contributed by atoms with van der Waals surface area (Å²) < 4.78 is 27.5. The second-order valence-electron chi connectivity index (χ2n) is 6.60. The molecule has 3 rings (SSSR count). The van der Waals surface area contributed by atoms with E-state index in [-0.39, 0.29) is 22.3 Å². The number of carbonyl (C=O) groups is 1. The van der Waals surface area contributed by atoms with Crippen LogP contribution >= 0.6 is 12.2 Å². The van der Waals surface area contributed by atoms with Crippen molar-refractivity contribution in [3.8, 4) is 0 Å². The van der Waals surface area contributed by atoms with Gasteiger partial charge < -0.3 is 10.6 Å². The maximum atomic E-state index is 12.5. The summed E-state index contributed by atoms with van der Waals surface area (Å²) >= 11 is 5.18. The molecule has 3 aromatic carbocycles. The molecule has 0 radical (unpaired) electrons. The molecule has 3 N–H and O–H groups in total. The number of hydrogen-bond donors (Lipinski definition) is 3. The lowest BCUT2D eigenvalue weighted by atomic mass is 10.1. The molecule has 0 aromatic heterocycles. The molecule has 0 aliphatic rings. The van der Waals surface area contributed by atoms with Crippen LogP contribution < -0.4 is 15.4 Å². The molecule has 0 saturated heterocycles. The Bertz CT molecular complexity index is 1150. The summed E-state index contributed by atoms with van der Waals surface area (Å²) in [5, 5.41) is 5.66. The maximum Gasteiger partial charge on any atom is 0.261 e. The number of aryl methyl sites for hydroxylation is 1. The van der Waals surface area contributed by atoms with Crippen molar-refractivity contribution in [1.29, 1.82) is 0 Å². The molecule has 6 nitrogen and oxygen atoms in total. The molecule has 0 unspecified atom stereocenters. The average molecular weight is 440 g/mol. The zero-order chi connectivity index (χ0) is 21.6. The topological polar surface area (TPSA) is 87.3 Å². The van der Waals surface area contributed by atoms with Gasteiger partial charge in [-0.05, 0) is 66.7 Å². The zero-order valence-corrected chi connectivity index (χ0v) is 17.9. The third kappa shape index (κ3) is 5.88. The van der Waals surface area contributed by atoms with Gasteiger partial charge in [0, 0.05) is 11.4 Å².